The molecule has 6 aromatic rings. The van der Waals surface area contributed by atoms with Gasteiger partial charge in [-0.25, -0.2) is 18.3 Å². The fraction of sp³-hybridized carbons (Fsp3) is 0.135. The number of rotatable bonds is 11. The number of hydrogen-bond acceptors (Lipinski definition) is 3. The highest BCUT2D eigenvalue weighted by Gasteiger charge is 2.16. The van der Waals surface area contributed by atoms with E-state index in [0.717, 1.165) is 52.3 Å². The number of hydrogen-bond donors (Lipinski definition) is 0. The third kappa shape index (κ3) is 7.00. The Kier molecular flexibility index (Phi) is 9.02. The Balaban J connectivity index is 1.23. The van der Waals surface area contributed by atoms with Gasteiger partial charge in [0.1, 0.15) is 0 Å². The van der Waals surface area contributed by atoms with Gasteiger partial charge in [-0.05, 0) is 41.8 Å². The molecule has 0 saturated carbocycles. The average Bonchev–Trinajstić information content (AvgIpc) is 3.51. The molecule has 6 nitrogen and oxygen atoms in total. The van der Waals surface area contributed by atoms with Gasteiger partial charge in [-0.3, -0.25) is 4.52 Å². The maximum absolute atomic E-state index is 10.7. The monoisotopic (exact) mass is 599 g/mol. The minimum Gasteiger partial charge on any atom is -0.309 e. The zero-order valence-corrected chi connectivity index (χ0v) is 25.5. The highest BCUT2D eigenvalue weighted by Crippen LogP contribution is 2.31. The quantitative estimate of drug-likeness (QED) is 0.114. The minimum atomic E-state index is -2.84. The predicted molar refractivity (Wildman–Crippen MR) is 171 cm³/mol. The van der Waals surface area contributed by atoms with Gasteiger partial charge in [0.2, 0.25) is 0 Å². The number of para-hydroxylation sites is 1. The van der Waals surface area contributed by atoms with Crippen LogP contribution in [-0.2, 0) is 39.8 Å². The average molecular weight is 600 g/mol. The van der Waals surface area contributed by atoms with E-state index < -0.39 is 7.91 Å². The molecule has 0 aliphatic heterocycles. The van der Waals surface area contributed by atoms with E-state index in [1.165, 1.54) is 11.1 Å². The molecular formula is C37H34N3O3P+2. The fourth-order valence-corrected chi connectivity index (χ4v) is 5.63. The van der Waals surface area contributed by atoms with E-state index >= 15 is 0 Å². The summed E-state index contributed by atoms with van der Waals surface area (Å²) in [5.74, 6) is 0. The standard InChI is InChI=1S/C37H34N3O3P/c1-2-29-8-10-30(11-9-29)26-38-22-18-33(19-23-38)36-16-17-37(40(36)35-6-4-3-5-7-35)34-20-24-39(25-21-34)27-31-12-14-32(15-13-31)28-43-44(41)42/h3-25H,2,26-28H2,1H3/q+2. The zero-order valence-electron chi connectivity index (χ0n) is 24.6. The molecule has 3 aromatic carbocycles. The van der Waals surface area contributed by atoms with Crippen molar-refractivity contribution >= 4 is 7.91 Å². The van der Waals surface area contributed by atoms with Gasteiger partial charge in [0.05, 0.1) is 18.0 Å². The summed E-state index contributed by atoms with van der Waals surface area (Å²) in [5, 5.41) is 0. The van der Waals surface area contributed by atoms with Gasteiger partial charge in [-0.15, -0.1) is 0 Å². The summed E-state index contributed by atoms with van der Waals surface area (Å²) in [6.45, 7) is 3.77. The molecule has 0 spiro atoms. The lowest BCUT2D eigenvalue weighted by molar-refractivity contribution is -0.688. The predicted octanol–water partition coefficient (Wildman–Crippen LogP) is 7.65. The fourth-order valence-electron chi connectivity index (χ4n) is 5.38. The zero-order chi connectivity index (χ0) is 30.3. The van der Waals surface area contributed by atoms with Crippen molar-refractivity contribution in [3.05, 3.63) is 162 Å². The van der Waals surface area contributed by atoms with Crippen LogP contribution in [0.5, 0.6) is 0 Å². The first-order chi connectivity index (χ1) is 21.6. The van der Waals surface area contributed by atoms with Gasteiger partial charge in [0, 0.05) is 52.2 Å². The molecule has 0 N–H and O–H groups in total. The van der Waals surface area contributed by atoms with Crippen molar-refractivity contribution in [2.45, 2.75) is 33.0 Å². The molecular weight excluding hydrogens is 565 g/mol. The van der Waals surface area contributed by atoms with Crippen molar-refractivity contribution in [2.75, 3.05) is 0 Å². The van der Waals surface area contributed by atoms with Crippen molar-refractivity contribution in [3.8, 4) is 28.2 Å². The Morgan fingerprint density at radius 2 is 1.02 bits per heavy atom. The summed E-state index contributed by atoms with van der Waals surface area (Å²) in [7, 11) is -2.84. The van der Waals surface area contributed by atoms with Crippen LogP contribution in [0.2, 0.25) is 0 Å². The largest absolute Gasteiger partial charge is 0.468 e. The van der Waals surface area contributed by atoms with Gasteiger partial charge in [-0.2, -0.15) is 0 Å². The Bertz CT molecular complexity index is 1890. The lowest BCUT2D eigenvalue weighted by atomic mass is 10.1. The molecule has 3 heterocycles. The first kappa shape index (κ1) is 29.2. The van der Waals surface area contributed by atoms with Crippen LogP contribution in [0.25, 0.3) is 28.2 Å². The molecule has 0 aliphatic carbocycles. The SMILES string of the molecule is CCc1ccc(C[n+]2ccc(-c3ccc(-c4cc[n+](Cc5ccc(COP(=O)=O)cc5)cc4)n3-c3ccccc3)cc2)cc1. The number of pyridine rings is 2. The van der Waals surface area contributed by atoms with Crippen LogP contribution < -0.4 is 9.13 Å². The van der Waals surface area contributed by atoms with Crippen LogP contribution in [0.4, 0.5) is 0 Å². The molecule has 0 saturated heterocycles. The Morgan fingerprint density at radius 1 is 0.568 bits per heavy atom. The van der Waals surface area contributed by atoms with Crippen molar-refractivity contribution < 1.29 is 22.8 Å². The summed E-state index contributed by atoms with van der Waals surface area (Å²) in [6.07, 6.45) is 9.55. The van der Waals surface area contributed by atoms with Crippen LogP contribution in [0.1, 0.15) is 29.2 Å². The molecule has 44 heavy (non-hydrogen) atoms. The van der Waals surface area contributed by atoms with Crippen LogP contribution in [0.15, 0.2) is 140 Å². The number of nitrogens with zero attached hydrogens (tertiary/aromatic N) is 3. The van der Waals surface area contributed by atoms with Crippen molar-refractivity contribution in [3.63, 3.8) is 0 Å². The van der Waals surface area contributed by atoms with E-state index in [0.29, 0.717) is 6.54 Å². The highest BCUT2D eigenvalue weighted by atomic mass is 31.1. The van der Waals surface area contributed by atoms with Crippen molar-refractivity contribution in [1.82, 2.24) is 4.57 Å². The summed E-state index contributed by atoms with van der Waals surface area (Å²) in [5.41, 5.74) is 10.2. The first-order valence-electron chi connectivity index (χ1n) is 14.7. The second-order valence-electron chi connectivity index (χ2n) is 10.8. The van der Waals surface area contributed by atoms with Crippen molar-refractivity contribution in [1.29, 1.82) is 0 Å². The number of aryl methyl sites for hydroxylation is 1. The highest BCUT2D eigenvalue weighted by molar-refractivity contribution is 7.24. The molecule has 0 bridgehead atoms. The molecule has 7 heteroatoms. The summed E-state index contributed by atoms with van der Waals surface area (Å²) in [6, 6.07) is 40.2. The van der Waals surface area contributed by atoms with E-state index in [2.05, 4.69) is 130 Å². The Hall–Kier alpha value is -4.90. The van der Waals surface area contributed by atoms with Crippen LogP contribution in [0.3, 0.4) is 0 Å². The number of aromatic nitrogens is 3. The van der Waals surface area contributed by atoms with E-state index in [-0.39, 0.29) is 6.61 Å². The van der Waals surface area contributed by atoms with Gasteiger partial charge < -0.3 is 4.57 Å². The number of benzene rings is 3. The molecule has 0 amide bonds. The van der Waals surface area contributed by atoms with Crippen LogP contribution in [0, 0.1) is 0 Å². The first-order valence-corrected chi connectivity index (χ1v) is 15.8. The Labute approximate surface area is 258 Å². The Morgan fingerprint density at radius 3 is 1.48 bits per heavy atom. The molecule has 218 valence electrons. The van der Waals surface area contributed by atoms with Gasteiger partial charge in [-0.1, -0.05) is 73.7 Å². The maximum Gasteiger partial charge on any atom is 0.468 e. The van der Waals surface area contributed by atoms with Gasteiger partial charge in [0.25, 0.3) is 0 Å². The normalized spacial score (nSPS) is 11.0. The topological polar surface area (TPSA) is 56.1 Å². The molecule has 3 aromatic heterocycles. The minimum absolute atomic E-state index is 0.0559. The van der Waals surface area contributed by atoms with E-state index in [9.17, 15) is 9.13 Å². The van der Waals surface area contributed by atoms with E-state index in [1.54, 1.807) is 0 Å². The molecule has 6 rings (SSSR count). The molecule has 0 unspecified atom stereocenters. The van der Waals surface area contributed by atoms with E-state index in [1.807, 2.05) is 30.3 Å². The third-order valence-corrected chi connectivity index (χ3v) is 8.13. The smallest absolute Gasteiger partial charge is 0.309 e. The summed E-state index contributed by atoms with van der Waals surface area (Å²) in [4.78, 5) is 0. The van der Waals surface area contributed by atoms with Crippen LogP contribution in [-0.4, -0.2) is 4.57 Å². The van der Waals surface area contributed by atoms with Gasteiger partial charge in [0.15, 0.2) is 37.9 Å². The molecule has 0 fully saturated rings. The lowest BCUT2D eigenvalue weighted by Crippen LogP contribution is -2.33. The molecule has 0 atom stereocenters. The second-order valence-corrected chi connectivity index (χ2v) is 11.5. The van der Waals surface area contributed by atoms with Gasteiger partial charge >= 0.3 is 7.91 Å². The molecule has 0 radical (unpaired) electrons. The second kappa shape index (κ2) is 13.6. The summed E-state index contributed by atoms with van der Waals surface area (Å²) < 4.78 is 32.7. The summed E-state index contributed by atoms with van der Waals surface area (Å²) >= 11 is 0. The van der Waals surface area contributed by atoms with Crippen molar-refractivity contribution in [2.24, 2.45) is 0 Å². The van der Waals surface area contributed by atoms with E-state index in [4.69, 9.17) is 4.52 Å². The lowest BCUT2D eigenvalue weighted by Gasteiger charge is -2.14. The maximum atomic E-state index is 10.7. The third-order valence-electron chi connectivity index (χ3n) is 7.79. The van der Waals surface area contributed by atoms with Crippen LogP contribution >= 0.6 is 7.91 Å². The molecule has 0 aliphatic rings.